The number of fused-ring (bicyclic) bond motifs is 1. The minimum Gasteiger partial charge on any atom is -0.466 e. The Morgan fingerprint density at radius 2 is 2.19 bits per heavy atom. The predicted octanol–water partition coefficient (Wildman–Crippen LogP) is 0.677. The third-order valence-electron chi connectivity index (χ3n) is 4.18. The van der Waals surface area contributed by atoms with Gasteiger partial charge >= 0.3 is 5.97 Å². The highest BCUT2D eigenvalue weighted by Gasteiger charge is 2.38. The molecule has 26 heavy (non-hydrogen) atoms. The number of hydrogen-bond donors (Lipinski definition) is 1. The van der Waals surface area contributed by atoms with Gasteiger partial charge in [-0.3, -0.25) is 14.6 Å². The molecule has 1 fully saturated rings. The topological polar surface area (TPSA) is 106 Å². The van der Waals surface area contributed by atoms with E-state index in [1.165, 1.54) is 12.3 Å². The molecular formula is C17H19N3O5S. The Balaban J connectivity index is 2.01. The number of rotatable bonds is 5. The fourth-order valence-electron chi connectivity index (χ4n) is 2.97. The molecule has 0 spiro atoms. The van der Waals surface area contributed by atoms with Crippen molar-refractivity contribution < 1.29 is 22.7 Å². The zero-order valence-electron chi connectivity index (χ0n) is 14.2. The van der Waals surface area contributed by atoms with Crippen LogP contribution in [0.4, 0.5) is 0 Å². The standard InChI is InChI=1S/C17H19N3O5S/c1-2-25-17(22)8-13-10-19-16(21)11-20(13)26(23,24)15-5-3-4-12-9-18-7-6-14(12)15/h3-7,9,13H,2,8,10-11H2,1H3,(H,19,21). The summed E-state index contributed by atoms with van der Waals surface area (Å²) >= 11 is 0. The molecule has 2 heterocycles. The maximum Gasteiger partial charge on any atom is 0.307 e. The predicted molar refractivity (Wildman–Crippen MR) is 93.7 cm³/mol. The van der Waals surface area contributed by atoms with Crippen LogP contribution >= 0.6 is 0 Å². The SMILES string of the molecule is CCOC(=O)CC1CNC(=O)CN1S(=O)(=O)c1cccc2cnccc12. The second kappa shape index (κ2) is 7.38. The minimum absolute atomic E-state index is 0.0587. The maximum atomic E-state index is 13.3. The molecule has 1 N–H and O–H groups in total. The van der Waals surface area contributed by atoms with Crippen LogP contribution in [0.15, 0.2) is 41.6 Å². The number of esters is 1. The number of nitrogens with one attached hydrogen (secondary N) is 1. The van der Waals surface area contributed by atoms with Crippen molar-refractivity contribution in [1.29, 1.82) is 0 Å². The van der Waals surface area contributed by atoms with Crippen molar-refractivity contribution in [2.45, 2.75) is 24.3 Å². The average molecular weight is 377 g/mol. The molecular weight excluding hydrogens is 358 g/mol. The van der Waals surface area contributed by atoms with Crippen LogP contribution in [0.3, 0.4) is 0 Å². The van der Waals surface area contributed by atoms with Crippen molar-refractivity contribution in [2.75, 3.05) is 19.7 Å². The lowest BCUT2D eigenvalue weighted by Gasteiger charge is -2.34. The van der Waals surface area contributed by atoms with Crippen molar-refractivity contribution in [3.05, 3.63) is 36.7 Å². The first-order chi connectivity index (χ1) is 12.4. The number of nitrogens with zero attached hydrogens (tertiary/aromatic N) is 2. The molecule has 2 aromatic rings. The molecule has 0 radical (unpaired) electrons. The molecule has 1 saturated heterocycles. The van der Waals surface area contributed by atoms with Gasteiger partial charge in [-0.15, -0.1) is 0 Å². The van der Waals surface area contributed by atoms with Gasteiger partial charge in [-0.2, -0.15) is 4.31 Å². The van der Waals surface area contributed by atoms with Crippen LogP contribution in [-0.4, -0.2) is 55.3 Å². The first-order valence-electron chi connectivity index (χ1n) is 8.20. The van der Waals surface area contributed by atoms with Gasteiger partial charge in [0, 0.05) is 29.7 Å². The van der Waals surface area contributed by atoms with Gasteiger partial charge in [0.1, 0.15) is 0 Å². The summed E-state index contributed by atoms with van der Waals surface area (Å²) < 4.78 is 32.5. The van der Waals surface area contributed by atoms with Crippen molar-refractivity contribution in [1.82, 2.24) is 14.6 Å². The number of aromatic nitrogens is 1. The minimum atomic E-state index is -3.99. The summed E-state index contributed by atoms with van der Waals surface area (Å²) in [5, 5.41) is 3.80. The number of piperazine rings is 1. The Morgan fingerprint density at radius 1 is 1.38 bits per heavy atom. The van der Waals surface area contributed by atoms with Gasteiger partial charge in [0.2, 0.25) is 15.9 Å². The normalized spacial score (nSPS) is 18.5. The van der Waals surface area contributed by atoms with Crippen LogP contribution in [0.5, 0.6) is 0 Å². The molecule has 1 amide bonds. The number of amides is 1. The zero-order chi connectivity index (χ0) is 18.7. The Morgan fingerprint density at radius 3 is 2.96 bits per heavy atom. The summed E-state index contributed by atoms with van der Waals surface area (Å²) in [4.78, 5) is 27.8. The first kappa shape index (κ1) is 18.3. The number of carbonyl (C=O) groups is 2. The fourth-order valence-corrected chi connectivity index (χ4v) is 4.77. The van der Waals surface area contributed by atoms with Crippen molar-refractivity contribution in [2.24, 2.45) is 0 Å². The van der Waals surface area contributed by atoms with E-state index in [0.29, 0.717) is 10.8 Å². The van der Waals surface area contributed by atoms with E-state index in [-0.39, 0.29) is 31.0 Å². The molecule has 1 aromatic heterocycles. The van der Waals surface area contributed by atoms with E-state index < -0.39 is 27.9 Å². The second-order valence-corrected chi connectivity index (χ2v) is 7.73. The third kappa shape index (κ3) is 3.54. The molecule has 1 unspecified atom stereocenters. The largest absolute Gasteiger partial charge is 0.466 e. The van der Waals surface area contributed by atoms with Gasteiger partial charge in [-0.25, -0.2) is 8.42 Å². The molecule has 0 aliphatic carbocycles. The number of benzene rings is 1. The zero-order valence-corrected chi connectivity index (χ0v) is 15.0. The quantitative estimate of drug-likeness (QED) is 0.768. The van der Waals surface area contributed by atoms with Crippen molar-refractivity contribution >= 4 is 32.7 Å². The van der Waals surface area contributed by atoms with Crippen LogP contribution in [-0.2, 0) is 24.3 Å². The van der Waals surface area contributed by atoms with E-state index >= 15 is 0 Å². The van der Waals surface area contributed by atoms with E-state index in [1.54, 1.807) is 31.3 Å². The lowest BCUT2D eigenvalue weighted by molar-refractivity contribution is -0.145. The fraction of sp³-hybridized carbons (Fsp3) is 0.353. The Labute approximate surface area is 151 Å². The summed E-state index contributed by atoms with van der Waals surface area (Å²) in [7, 11) is -3.99. The summed E-state index contributed by atoms with van der Waals surface area (Å²) in [6.07, 6.45) is 2.97. The summed E-state index contributed by atoms with van der Waals surface area (Å²) in [6.45, 7) is 1.61. The first-order valence-corrected chi connectivity index (χ1v) is 9.64. The lowest BCUT2D eigenvalue weighted by atomic mass is 10.1. The van der Waals surface area contributed by atoms with Gasteiger partial charge in [0.05, 0.1) is 30.5 Å². The number of pyridine rings is 1. The number of carbonyl (C=O) groups excluding carboxylic acids is 2. The Hall–Kier alpha value is -2.52. The van der Waals surface area contributed by atoms with Gasteiger partial charge in [0.15, 0.2) is 0 Å². The van der Waals surface area contributed by atoms with Gasteiger partial charge < -0.3 is 10.1 Å². The molecule has 8 nitrogen and oxygen atoms in total. The molecule has 0 saturated carbocycles. The number of ether oxygens (including phenoxy) is 1. The molecule has 0 bridgehead atoms. The van der Waals surface area contributed by atoms with Crippen molar-refractivity contribution in [3.8, 4) is 0 Å². The molecule has 138 valence electrons. The summed E-state index contributed by atoms with van der Waals surface area (Å²) in [5.74, 6) is -0.911. The summed E-state index contributed by atoms with van der Waals surface area (Å²) in [5.41, 5.74) is 0. The van der Waals surface area contributed by atoms with E-state index in [9.17, 15) is 18.0 Å². The third-order valence-corrected chi connectivity index (χ3v) is 6.13. The molecule has 1 atom stereocenters. The lowest BCUT2D eigenvalue weighted by Crippen LogP contribution is -2.56. The Bertz CT molecular complexity index is 939. The van der Waals surface area contributed by atoms with E-state index in [4.69, 9.17) is 4.74 Å². The van der Waals surface area contributed by atoms with E-state index in [2.05, 4.69) is 10.3 Å². The molecule has 1 aromatic carbocycles. The van der Waals surface area contributed by atoms with Crippen molar-refractivity contribution in [3.63, 3.8) is 0 Å². The molecule has 3 rings (SSSR count). The molecule has 9 heteroatoms. The smallest absolute Gasteiger partial charge is 0.307 e. The van der Waals surface area contributed by atoms with Gasteiger partial charge in [0.25, 0.3) is 0 Å². The highest BCUT2D eigenvalue weighted by molar-refractivity contribution is 7.89. The van der Waals surface area contributed by atoms with Crippen LogP contribution in [0.2, 0.25) is 0 Å². The number of hydrogen-bond acceptors (Lipinski definition) is 6. The second-order valence-electron chi connectivity index (χ2n) is 5.87. The van der Waals surface area contributed by atoms with Crippen LogP contribution in [0.25, 0.3) is 10.8 Å². The van der Waals surface area contributed by atoms with E-state index in [1.807, 2.05) is 0 Å². The summed E-state index contributed by atoms with van der Waals surface area (Å²) in [6, 6.07) is 5.80. The van der Waals surface area contributed by atoms with Crippen LogP contribution in [0, 0.1) is 0 Å². The molecule has 1 aliphatic heterocycles. The van der Waals surface area contributed by atoms with Crippen LogP contribution in [0.1, 0.15) is 13.3 Å². The van der Waals surface area contributed by atoms with E-state index in [0.717, 1.165) is 4.31 Å². The van der Waals surface area contributed by atoms with Crippen LogP contribution < -0.4 is 5.32 Å². The Kier molecular flexibility index (Phi) is 5.19. The van der Waals surface area contributed by atoms with Gasteiger partial charge in [-0.05, 0) is 19.1 Å². The average Bonchev–Trinajstić information content (AvgIpc) is 2.63. The highest BCUT2D eigenvalue weighted by atomic mass is 32.2. The number of sulfonamides is 1. The maximum absolute atomic E-state index is 13.3. The van der Waals surface area contributed by atoms with Gasteiger partial charge in [-0.1, -0.05) is 12.1 Å². The molecule has 1 aliphatic rings. The highest BCUT2D eigenvalue weighted by Crippen LogP contribution is 2.27. The monoisotopic (exact) mass is 377 g/mol.